The number of aryl methyl sites for hydroxylation is 1. The van der Waals surface area contributed by atoms with Crippen molar-refractivity contribution in [3.05, 3.63) is 75.0 Å². The minimum absolute atomic E-state index is 0.0623. The Hall–Kier alpha value is -3.52. The Labute approximate surface area is 193 Å². The number of amides is 2. The van der Waals surface area contributed by atoms with Crippen LogP contribution >= 0.6 is 0 Å². The molecule has 2 aromatic rings. The molecule has 8 heteroatoms. The first-order valence-corrected chi connectivity index (χ1v) is 11.1. The summed E-state index contributed by atoms with van der Waals surface area (Å²) >= 11 is 0. The van der Waals surface area contributed by atoms with Crippen LogP contribution in [-0.2, 0) is 9.59 Å². The van der Waals surface area contributed by atoms with E-state index >= 15 is 0 Å². The predicted molar refractivity (Wildman–Crippen MR) is 127 cm³/mol. The summed E-state index contributed by atoms with van der Waals surface area (Å²) in [6, 6.07) is 11.5. The number of rotatable bonds is 5. The highest BCUT2D eigenvalue weighted by molar-refractivity contribution is 6.45. The van der Waals surface area contributed by atoms with E-state index in [0.29, 0.717) is 16.9 Å². The highest BCUT2D eigenvalue weighted by Gasteiger charge is 2.43. The van der Waals surface area contributed by atoms with E-state index in [1.165, 1.54) is 17.0 Å². The van der Waals surface area contributed by atoms with Gasteiger partial charge in [-0.2, -0.15) is 0 Å². The van der Waals surface area contributed by atoms with E-state index in [2.05, 4.69) is 11.9 Å². The molecule has 0 radical (unpaired) electrons. The first kappa shape index (κ1) is 22.7. The number of imide groups is 1. The molecule has 4 rings (SSSR count). The molecule has 0 spiro atoms. The second kappa shape index (κ2) is 8.78. The highest BCUT2D eigenvalue weighted by Crippen LogP contribution is 2.38. The van der Waals surface area contributed by atoms with Gasteiger partial charge in [0.15, 0.2) is 0 Å². The lowest BCUT2D eigenvalue weighted by molar-refractivity contribution is -0.384. The number of nitro groups is 1. The Bertz CT molecular complexity index is 1150. The van der Waals surface area contributed by atoms with Crippen molar-refractivity contribution in [1.29, 1.82) is 0 Å². The summed E-state index contributed by atoms with van der Waals surface area (Å²) in [4.78, 5) is 43.6. The average Bonchev–Trinajstić information content (AvgIpc) is 3.05. The van der Waals surface area contributed by atoms with Gasteiger partial charge in [0, 0.05) is 25.2 Å². The number of hydrogen-bond acceptors (Lipinski definition) is 6. The third-order valence-corrected chi connectivity index (χ3v) is 6.83. The van der Waals surface area contributed by atoms with Crippen LogP contribution in [0.2, 0.25) is 0 Å². The summed E-state index contributed by atoms with van der Waals surface area (Å²) in [6.45, 7) is 5.67. The zero-order valence-corrected chi connectivity index (χ0v) is 19.4. The van der Waals surface area contributed by atoms with E-state index in [-0.39, 0.29) is 23.2 Å². The maximum absolute atomic E-state index is 13.8. The molecule has 0 N–H and O–H groups in total. The van der Waals surface area contributed by atoms with Crippen LogP contribution in [0, 0.1) is 24.0 Å². The summed E-state index contributed by atoms with van der Waals surface area (Å²) in [5.74, 6) is -0.763. The van der Waals surface area contributed by atoms with Crippen molar-refractivity contribution in [2.45, 2.75) is 32.7 Å². The summed E-state index contributed by atoms with van der Waals surface area (Å²) < 4.78 is 0. The molecule has 0 atom stereocenters. The van der Waals surface area contributed by atoms with Crippen LogP contribution < -0.4 is 4.90 Å². The lowest BCUT2D eigenvalue weighted by Crippen LogP contribution is -2.43. The van der Waals surface area contributed by atoms with Crippen LogP contribution in [0.4, 0.5) is 11.4 Å². The minimum atomic E-state index is -0.478. The molecule has 0 unspecified atom stereocenters. The van der Waals surface area contributed by atoms with Gasteiger partial charge in [0.1, 0.15) is 5.70 Å². The number of piperidine rings is 1. The summed E-state index contributed by atoms with van der Waals surface area (Å²) in [7, 11) is 3.94. The second-order valence-electron chi connectivity index (χ2n) is 8.84. The SMILES string of the molecule is Cc1cccc(N2C(=O)C(c3ccc([N+](=O)[O-])cc3)=C(N(C)C3CCN(C)CC3)C2=O)c1C. The topological polar surface area (TPSA) is 87.0 Å². The van der Waals surface area contributed by atoms with E-state index in [1.54, 1.807) is 18.2 Å². The molecule has 0 aromatic heterocycles. The van der Waals surface area contributed by atoms with Crippen molar-refractivity contribution >= 4 is 28.8 Å². The van der Waals surface area contributed by atoms with Crippen molar-refractivity contribution < 1.29 is 14.5 Å². The van der Waals surface area contributed by atoms with Crippen molar-refractivity contribution in [3.8, 4) is 0 Å². The molecule has 2 aliphatic heterocycles. The summed E-state index contributed by atoms with van der Waals surface area (Å²) in [6.07, 6.45) is 1.77. The number of nitrogens with zero attached hydrogens (tertiary/aromatic N) is 4. The highest BCUT2D eigenvalue weighted by atomic mass is 16.6. The maximum atomic E-state index is 13.8. The Balaban J connectivity index is 1.82. The number of anilines is 1. The van der Waals surface area contributed by atoms with Gasteiger partial charge in [-0.1, -0.05) is 12.1 Å². The van der Waals surface area contributed by atoms with Gasteiger partial charge in [-0.05, 0) is 81.7 Å². The number of nitro benzene ring substituents is 1. The number of non-ortho nitro benzene ring substituents is 1. The van der Waals surface area contributed by atoms with E-state index < -0.39 is 10.8 Å². The van der Waals surface area contributed by atoms with Crippen LogP contribution in [0.15, 0.2) is 48.2 Å². The van der Waals surface area contributed by atoms with Crippen molar-refractivity contribution in [2.75, 3.05) is 32.1 Å². The Morgan fingerprint density at radius 3 is 2.24 bits per heavy atom. The standard InChI is InChI=1S/C25H28N4O4/c1-16-6-5-7-21(17(16)2)28-24(30)22(18-8-10-20(11-9-18)29(32)33)23(25(28)31)27(4)19-12-14-26(3)15-13-19/h5-11,19H,12-15H2,1-4H3. The first-order valence-electron chi connectivity index (χ1n) is 11.1. The van der Waals surface area contributed by atoms with Crippen LogP contribution in [0.5, 0.6) is 0 Å². The first-order chi connectivity index (χ1) is 15.7. The van der Waals surface area contributed by atoms with E-state index in [9.17, 15) is 19.7 Å². The molecule has 2 aliphatic rings. The molecule has 0 bridgehead atoms. The van der Waals surface area contributed by atoms with Crippen molar-refractivity contribution in [2.24, 2.45) is 0 Å². The summed E-state index contributed by atoms with van der Waals surface area (Å²) in [5, 5.41) is 11.1. The molecule has 2 aromatic carbocycles. The maximum Gasteiger partial charge on any atom is 0.282 e. The third-order valence-electron chi connectivity index (χ3n) is 6.83. The monoisotopic (exact) mass is 448 g/mol. The zero-order valence-electron chi connectivity index (χ0n) is 19.4. The molecule has 1 saturated heterocycles. The quantitative estimate of drug-likeness (QED) is 0.395. The third kappa shape index (κ3) is 4.02. The lowest BCUT2D eigenvalue weighted by atomic mass is 10.00. The Morgan fingerprint density at radius 1 is 1.00 bits per heavy atom. The van der Waals surface area contributed by atoms with E-state index in [0.717, 1.165) is 37.1 Å². The molecule has 0 saturated carbocycles. The van der Waals surface area contributed by atoms with Gasteiger partial charge in [0.05, 0.1) is 16.2 Å². The van der Waals surface area contributed by atoms with Gasteiger partial charge < -0.3 is 9.80 Å². The van der Waals surface area contributed by atoms with E-state index in [1.807, 2.05) is 37.9 Å². The fraction of sp³-hybridized carbons (Fsp3) is 0.360. The number of carbonyl (C=O) groups excluding carboxylic acids is 2. The van der Waals surface area contributed by atoms with Gasteiger partial charge >= 0.3 is 0 Å². The van der Waals surface area contributed by atoms with Crippen LogP contribution in [0.25, 0.3) is 5.57 Å². The zero-order chi connectivity index (χ0) is 23.9. The number of hydrogen-bond donors (Lipinski definition) is 0. The molecule has 172 valence electrons. The van der Waals surface area contributed by atoms with Crippen molar-refractivity contribution in [1.82, 2.24) is 9.80 Å². The lowest BCUT2D eigenvalue weighted by Gasteiger charge is -2.36. The Kier molecular flexibility index (Phi) is 6.03. The van der Waals surface area contributed by atoms with Crippen molar-refractivity contribution in [3.63, 3.8) is 0 Å². The average molecular weight is 449 g/mol. The molecule has 8 nitrogen and oxygen atoms in total. The largest absolute Gasteiger partial charge is 0.366 e. The van der Waals surface area contributed by atoms with Crippen LogP contribution in [0.3, 0.4) is 0 Å². The number of carbonyl (C=O) groups is 2. The van der Waals surface area contributed by atoms with Gasteiger partial charge in [-0.25, -0.2) is 4.90 Å². The molecular weight excluding hydrogens is 420 g/mol. The number of benzene rings is 2. The molecule has 2 amide bonds. The number of likely N-dealkylation sites (tertiary alicyclic amines) is 1. The second-order valence-corrected chi connectivity index (χ2v) is 8.84. The van der Waals surface area contributed by atoms with E-state index in [4.69, 9.17) is 0 Å². The molecular formula is C25H28N4O4. The minimum Gasteiger partial charge on any atom is -0.366 e. The molecule has 0 aliphatic carbocycles. The Morgan fingerprint density at radius 2 is 1.64 bits per heavy atom. The fourth-order valence-corrected chi connectivity index (χ4v) is 4.62. The molecule has 33 heavy (non-hydrogen) atoms. The summed E-state index contributed by atoms with van der Waals surface area (Å²) in [5.41, 5.74) is 3.50. The number of likely N-dealkylation sites (N-methyl/N-ethyl adjacent to an activating group) is 1. The van der Waals surface area contributed by atoms with Gasteiger partial charge in [0.25, 0.3) is 17.5 Å². The van der Waals surface area contributed by atoms with Gasteiger partial charge in [-0.3, -0.25) is 19.7 Å². The van der Waals surface area contributed by atoms with Crippen LogP contribution in [0.1, 0.15) is 29.5 Å². The molecule has 2 heterocycles. The fourth-order valence-electron chi connectivity index (χ4n) is 4.62. The van der Waals surface area contributed by atoms with Crippen LogP contribution in [-0.4, -0.2) is 59.8 Å². The van der Waals surface area contributed by atoms with Gasteiger partial charge in [-0.15, -0.1) is 0 Å². The predicted octanol–water partition coefficient (Wildman–Crippen LogP) is 3.52. The normalized spacial score (nSPS) is 17.8. The van der Waals surface area contributed by atoms with Gasteiger partial charge in [0.2, 0.25) is 0 Å². The smallest absolute Gasteiger partial charge is 0.282 e. The molecule has 1 fully saturated rings.